The summed E-state index contributed by atoms with van der Waals surface area (Å²) < 4.78 is 22.7. The Labute approximate surface area is 129 Å². The van der Waals surface area contributed by atoms with Crippen molar-refractivity contribution in [1.29, 1.82) is 0 Å². The summed E-state index contributed by atoms with van der Waals surface area (Å²) in [4.78, 5) is 25.0. The van der Waals surface area contributed by atoms with E-state index in [4.69, 9.17) is 0 Å². The molecule has 0 aliphatic carbocycles. The predicted octanol–water partition coefficient (Wildman–Crippen LogP) is 1.01. The van der Waals surface area contributed by atoms with Gasteiger partial charge in [-0.2, -0.15) is 0 Å². The summed E-state index contributed by atoms with van der Waals surface area (Å²) in [7, 11) is -3.23. The maximum Gasteiger partial charge on any atom is 0.309 e. The average Bonchev–Trinajstić information content (AvgIpc) is 2.73. The fourth-order valence-electron chi connectivity index (χ4n) is 2.81. The van der Waals surface area contributed by atoms with Gasteiger partial charge in [0.05, 0.1) is 17.7 Å². The number of hydrogen-bond acceptors (Lipinski definition) is 4. The van der Waals surface area contributed by atoms with Gasteiger partial charge in [0.15, 0.2) is 0 Å². The Hall–Kier alpha value is -1.89. The Morgan fingerprint density at radius 1 is 1.41 bits per heavy atom. The van der Waals surface area contributed by atoms with Crippen LogP contribution in [0.4, 0.5) is 0 Å². The minimum atomic E-state index is -3.23. The van der Waals surface area contributed by atoms with Gasteiger partial charge in [0.25, 0.3) is 0 Å². The van der Waals surface area contributed by atoms with E-state index in [0.29, 0.717) is 0 Å². The normalized spacial score (nSPS) is 22.1. The van der Waals surface area contributed by atoms with Crippen LogP contribution in [0.2, 0.25) is 0 Å². The highest BCUT2D eigenvalue weighted by molar-refractivity contribution is 7.90. The Morgan fingerprint density at radius 2 is 2.09 bits per heavy atom. The van der Waals surface area contributed by atoms with Crippen LogP contribution in [0.5, 0.6) is 0 Å². The van der Waals surface area contributed by atoms with E-state index < -0.39 is 27.8 Å². The van der Waals surface area contributed by atoms with Gasteiger partial charge in [-0.15, -0.1) is 0 Å². The molecule has 0 saturated carbocycles. The summed E-state index contributed by atoms with van der Waals surface area (Å²) in [5.41, 5.74) is 1.69. The Balaban J connectivity index is 2.36. The lowest BCUT2D eigenvalue weighted by molar-refractivity contribution is -0.142. The number of carbonyl (C=O) groups excluding carboxylic acids is 1. The molecule has 120 valence electrons. The van der Waals surface area contributed by atoms with E-state index in [2.05, 4.69) is 0 Å². The molecule has 1 aromatic rings. The van der Waals surface area contributed by atoms with Crippen LogP contribution in [-0.2, 0) is 19.4 Å². The van der Waals surface area contributed by atoms with Crippen LogP contribution in [0.25, 0.3) is 0 Å². The Morgan fingerprint density at radius 3 is 2.64 bits per heavy atom. The zero-order chi connectivity index (χ0) is 16.5. The maximum atomic E-state index is 12.1. The van der Waals surface area contributed by atoms with Crippen molar-refractivity contribution in [3.8, 4) is 0 Å². The number of carboxylic acids is 1. The first-order chi connectivity index (χ1) is 10.2. The number of benzene rings is 1. The molecule has 1 aromatic carbocycles. The first-order valence-corrected chi connectivity index (χ1v) is 9.01. The van der Waals surface area contributed by atoms with Crippen LogP contribution in [0.1, 0.15) is 23.6 Å². The molecular formula is C15H19NO5S. The van der Waals surface area contributed by atoms with E-state index in [-0.39, 0.29) is 24.6 Å². The molecule has 1 aliphatic heterocycles. The summed E-state index contributed by atoms with van der Waals surface area (Å²) in [6, 6.07) is 6.69. The third-order valence-corrected chi connectivity index (χ3v) is 4.76. The monoisotopic (exact) mass is 325 g/mol. The molecule has 1 amide bonds. The highest BCUT2D eigenvalue weighted by Gasteiger charge is 2.44. The molecule has 6 nitrogen and oxygen atoms in total. The van der Waals surface area contributed by atoms with E-state index in [9.17, 15) is 23.1 Å². The van der Waals surface area contributed by atoms with Crippen LogP contribution in [0.3, 0.4) is 0 Å². The standard InChI is InChI=1S/C15H19NO5S/c1-10-4-3-5-11(8-10)14-12(15(18)19)9-13(17)16(14)6-7-22(2,20)21/h3-5,8,12,14H,6-7,9H2,1-2H3,(H,18,19)/t12-,14-/m0/s1. The predicted molar refractivity (Wildman–Crippen MR) is 81.1 cm³/mol. The smallest absolute Gasteiger partial charge is 0.309 e. The zero-order valence-corrected chi connectivity index (χ0v) is 13.3. The number of carbonyl (C=O) groups is 2. The number of rotatable bonds is 5. The van der Waals surface area contributed by atoms with Crippen molar-refractivity contribution < 1.29 is 23.1 Å². The largest absolute Gasteiger partial charge is 0.481 e. The van der Waals surface area contributed by atoms with E-state index in [0.717, 1.165) is 17.4 Å². The van der Waals surface area contributed by atoms with Crippen molar-refractivity contribution in [1.82, 2.24) is 4.90 Å². The minimum absolute atomic E-state index is 0.0139. The van der Waals surface area contributed by atoms with E-state index >= 15 is 0 Å². The molecule has 0 unspecified atom stereocenters. The van der Waals surface area contributed by atoms with Crippen LogP contribution in [0, 0.1) is 12.8 Å². The lowest BCUT2D eigenvalue weighted by Crippen LogP contribution is -2.34. The van der Waals surface area contributed by atoms with E-state index in [1.165, 1.54) is 4.90 Å². The molecule has 1 fully saturated rings. The van der Waals surface area contributed by atoms with Crippen LogP contribution >= 0.6 is 0 Å². The first kappa shape index (κ1) is 16.5. The SMILES string of the molecule is Cc1cccc([C@H]2[C@@H](C(=O)O)CC(=O)N2CCS(C)(=O)=O)c1. The maximum absolute atomic E-state index is 12.1. The van der Waals surface area contributed by atoms with Crippen molar-refractivity contribution in [3.05, 3.63) is 35.4 Å². The van der Waals surface area contributed by atoms with Gasteiger partial charge in [-0.25, -0.2) is 8.42 Å². The molecule has 1 aliphatic rings. The fourth-order valence-corrected chi connectivity index (χ4v) is 3.33. The molecule has 0 aromatic heterocycles. The molecule has 1 saturated heterocycles. The zero-order valence-electron chi connectivity index (χ0n) is 12.5. The number of sulfone groups is 1. The van der Waals surface area contributed by atoms with Crippen LogP contribution in [0.15, 0.2) is 24.3 Å². The fraction of sp³-hybridized carbons (Fsp3) is 0.467. The number of nitrogens with zero attached hydrogens (tertiary/aromatic N) is 1. The second-order valence-electron chi connectivity index (χ2n) is 5.72. The molecular weight excluding hydrogens is 306 g/mol. The second kappa shape index (κ2) is 6.08. The lowest BCUT2D eigenvalue weighted by Gasteiger charge is -2.27. The van der Waals surface area contributed by atoms with Gasteiger partial charge in [-0.1, -0.05) is 29.8 Å². The van der Waals surface area contributed by atoms with Gasteiger partial charge in [0.2, 0.25) is 5.91 Å². The van der Waals surface area contributed by atoms with Crippen molar-refractivity contribution in [2.75, 3.05) is 18.6 Å². The molecule has 0 spiro atoms. The van der Waals surface area contributed by atoms with Crippen molar-refractivity contribution in [2.24, 2.45) is 5.92 Å². The Bertz CT molecular complexity index is 698. The molecule has 2 atom stereocenters. The Kier molecular flexibility index (Phi) is 4.55. The molecule has 22 heavy (non-hydrogen) atoms. The summed E-state index contributed by atoms with van der Waals surface area (Å²) >= 11 is 0. The van der Waals surface area contributed by atoms with E-state index in [1.54, 1.807) is 12.1 Å². The quantitative estimate of drug-likeness (QED) is 0.872. The number of aryl methyl sites for hydroxylation is 1. The summed E-state index contributed by atoms with van der Waals surface area (Å²) in [6.07, 6.45) is 1.00. The molecule has 0 radical (unpaired) electrons. The highest BCUT2D eigenvalue weighted by Crippen LogP contribution is 2.38. The number of carboxylic acid groups (broad SMARTS) is 1. The summed E-state index contributed by atoms with van der Waals surface area (Å²) in [6.45, 7) is 1.90. The summed E-state index contributed by atoms with van der Waals surface area (Å²) in [5.74, 6) is -2.38. The number of amides is 1. The summed E-state index contributed by atoms with van der Waals surface area (Å²) in [5, 5.41) is 9.38. The van der Waals surface area contributed by atoms with E-state index in [1.807, 2.05) is 19.1 Å². The molecule has 2 rings (SSSR count). The van der Waals surface area contributed by atoms with Crippen LogP contribution in [-0.4, -0.2) is 48.9 Å². The topological polar surface area (TPSA) is 91.8 Å². The first-order valence-electron chi connectivity index (χ1n) is 6.95. The minimum Gasteiger partial charge on any atom is -0.481 e. The van der Waals surface area contributed by atoms with Gasteiger partial charge < -0.3 is 10.0 Å². The van der Waals surface area contributed by atoms with Gasteiger partial charge >= 0.3 is 5.97 Å². The molecule has 7 heteroatoms. The van der Waals surface area contributed by atoms with Crippen molar-refractivity contribution in [3.63, 3.8) is 0 Å². The van der Waals surface area contributed by atoms with Crippen molar-refractivity contribution >= 4 is 21.7 Å². The van der Waals surface area contributed by atoms with Gasteiger partial charge in [0, 0.05) is 19.2 Å². The number of hydrogen-bond donors (Lipinski definition) is 1. The molecule has 1 N–H and O–H groups in total. The van der Waals surface area contributed by atoms with Gasteiger partial charge in [0.1, 0.15) is 9.84 Å². The highest BCUT2D eigenvalue weighted by atomic mass is 32.2. The average molecular weight is 325 g/mol. The second-order valence-corrected chi connectivity index (χ2v) is 7.98. The van der Waals surface area contributed by atoms with Crippen molar-refractivity contribution in [2.45, 2.75) is 19.4 Å². The molecule has 1 heterocycles. The number of likely N-dealkylation sites (tertiary alicyclic amines) is 1. The van der Waals surface area contributed by atoms with Gasteiger partial charge in [-0.05, 0) is 12.5 Å². The third-order valence-electron chi connectivity index (χ3n) is 3.84. The van der Waals surface area contributed by atoms with Gasteiger partial charge in [-0.3, -0.25) is 9.59 Å². The lowest BCUT2D eigenvalue weighted by atomic mass is 9.93. The number of aliphatic carboxylic acids is 1. The van der Waals surface area contributed by atoms with Crippen LogP contribution < -0.4 is 0 Å². The molecule has 0 bridgehead atoms. The third kappa shape index (κ3) is 3.65.